The van der Waals surface area contributed by atoms with Crippen molar-refractivity contribution in [1.82, 2.24) is 24.9 Å². The van der Waals surface area contributed by atoms with Crippen LogP contribution in [0.5, 0.6) is 0 Å². The zero-order valence-electron chi connectivity index (χ0n) is 15.4. The third-order valence-electron chi connectivity index (χ3n) is 4.74. The zero-order chi connectivity index (χ0) is 19.1. The first-order chi connectivity index (χ1) is 13.7. The van der Waals surface area contributed by atoms with E-state index in [0.717, 1.165) is 35.0 Å². The first kappa shape index (κ1) is 17.2. The van der Waals surface area contributed by atoms with Gasteiger partial charge in [-0.1, -0.05) is 54.2 Å². The van der Waals surface area contributed by atoms with Crippen LogP contribution in [0, 0.1) is 6.92 Å². The van der Waals surface area contributed by atoms with E-state index in [1.54, 1.807) is 4.52 Å². The van der Waals surface area contributed by atoms with Crippen molar-refractivity contribution in [3.05, 3.63) is 66.0 Å². The van der Waals surface area contributed by atoms with E-state index in [1.807, 2.05) is 61.5 Å². The molecule has 0 spiro atoms. The molecule has 0 bridgehead atoms. The number of carbonyl (C=O) groups is 1. The van der Waals surface area contributed by atoms with Gasteiger partial charge in [0.25, 0.3) is 0 Å². The molecule has 1 saturated carbocycles. The van der Waals surface area contributed by atoms with Crippen LogP contribution in [0.2, 0.25) is 0 Å². The maximum atomic E-state index is 13.0. The summed E-state index contributed by atoms with van der Waals surface area (Å²) in [5.74, 6) is 0.692. The molecule has 0 radical (unpaired) electrons. The summed E-state index contributed by atoms with van der Waals surface area (Å²) >= 11 is 1.41. The highest BCUT2D eigenvalue weighted by atomic mass is 32.2. The number of benzene rings is 2. The van der Waals surface area contributed by atoms with Crippen LogP contribution < -0.4 is 5.32 Å². The van der Waals surface area contributed by atoms with E-state index in [4.69, 9.17) is 4.98 Å². The van der Waals surface area contributed by atoms with Crippen molar-refractivity contribution in [2.45, 2.75) is 36.2 Å². The highest BCUT2D eigenvalue weighted by molar-refractivity contribution is 8.00. The third-order valence-corrected chi connectivity index (χ3v) is 5.94. The Bertz CT molecular complexity index is 1170. The maximum Gasteiger partial charge on any atom is 0.238 e. The third kappa shape index (κ3) is 3.22. The van der Waals surface area contributed by atoms with Crippen molar-refractivity contribution in [3.8, 4) is 0 Å². The molecule has 0 aliphatic heterocycles. The zero-order valence-corrected chi connectivity index (χ0v) is 16.2. The molecular weight excluding hydrogens is 370 g/mol. The lowest BCUT2D eigenvalue weighted by molar-refractivity contribution is -0.120. The van der Waals surface area contributed by atoms with Gasteiger partial charge in [0.05, 0.1) is 5.52 Å². The van der Waals surface area contributed by atoms with E-state index >= 15 is 0 Å². The molecule has 5 rings (SSSR count). The summed E-state index contributed by atoms with van der Waals surface area (Å²) in [5.41, 5.74) is 2.56. The summed E-state index contributed by atoms with van der Waals surface area (Å²) in [6, 6.07) is 18.0. The number of nitrogens with zero attached hydrogens (tertiary/aromatic N) is 4. The van der Waals surface area contributed by atoms with Gasteiger partial charge in [-0.15, -0.1) is 5.10 Å². The topological polar surface area (TPSA) is 72.2 Å². The number of carbonyl (C=O) groups excluding carboxylic acids is 1. The van der Waals surface area contributed by atoms with E-state index in [-0.39, 0.29) is 5.91 Å². The second-order valence-electron chi connectivity index (χ2n) is 7.00. The van der Waals surface area contributed by atoms with Crippen molar-refractivity contribution >= 4 is 34.2 Å². The quantitative estimate of drug-likeness (QED) is 0.416. The van der Waals surface area contributed by atoms with Gasteiger partial charge < -0.3 is 5.32 Å². The number of rotatable bonds is 5. The highest BCUT2D eigenvalue weighted by Crippen LogP contribution is 2.36. The summed E-state index contributed by atoms with van der Waals surface area (Å²) in [5, 5.41) is 8.87. The second kappa shape index (κ2) is 6.91. The predicted octanol–water partition coefficient (Wildman–Crippen LogP) is 3.70. The average Bonchev–Trinajstić information content (AvgIpc) is 3.43. The van der Waals surface area contributed by atoms with Gasteiger partial charge in [0.2, 0.25) is 5.91 Å². The van der Waals surface area contributed by atoms with Crippen LogP contribution in [0.15, 0.2) is 59.8 Å². The lowest BCUT2D eigenvalue weighted by Gasteiger charge is -2.17. The Morgan fingerprint density at radius 2 is 1.86 bits per heavy atom. The molecular formula is C21H19N5OS. The maximum absolute atomic E-state index is 13.0. The summed E-state index contributed by atoms with van der Waals surface area (Å²) in [4.78, 5) is 22.4. The largest absolute Gasteiger partial charge is 0.352 e. The van der Waals surface area contributed by atoms with Crippen molar-refractivity contribution < 1.29 is 4.79 Å². The fourth-order valence-corrected chi connectivity index (χ4v) is 4.28. The number of hydrogen-bond acceptors (Lipinski definition) is 5. The molecule has 140 valence electrons. The molecule has 2 aromatic heterocycles. The smallest absolute Gasteiger partial charge is 0.238 e. The number of aryl methyl sites for hydroxylation is 1. The summed E-state index contributed by atoms with van der Waals surface area (Å²) < 4.78 is 1.75. The average molecular weight is 389 g/mol. The molecule has 2 aromatic carbocycles. The highest BCUT2D eigenvalue weighted by Gasteiger charge is 2.30. The molecule has 7 heteroatoms. The predicted molar refractivity (Wildman–Crippen MR) is 109 cm³/mol. The van der Waals surface area contributed by atoms with Crippen LogP contribution in [0.25, 0.3) is 16.6 Å². The van der Waals surface area contributed by atoms with Crippen molar-refractivity contribution in [3.63, 3.8) is 0 Å². The van der Waals surface area contributed by atoms with Crippen LogP contribution in [-0.2, 0) is 4.79 Å². The van der Waals surface area contributed by atoms with E-state index in [9.17, 15) is 4.79 Å². The standard InChI is InChI=1S/C21H19N5OS/c1-13-22-19-16-9-5-6-10-17(16)24-21(26(19)25-13)28-18(14-7-3-2-4-8-14)20(27)23-15-11-12-15/h2-10,15,18H,11-12H2,1H3,(H,23,27). The van der Waals surface area contributed by atoms with Gasteiger partial charge in [-0.2, -0.15) is 4.52 Å². The molecule has 1 aliphatic carbocycles. The minimum absolute atomic E-state index is 0.0126. The van der Waals surface area contributed by atoms with Gasteiger partial charge in [-0.3, -0.25) is 4.79 Å². The summed E-state index contributed by atoms with van der Waals surface area (Å²) in [6.45, 7) is 1.87. The number of hydrogen-bond donors (Lipinski definition) is 1. The van der Waals surface area contributed by atoms with E-state index in [2.05, 4.69) is 15.4 Å². The molecule has 0 saturated heterocycles. The molecule has 28 heavy (non-hydrogen) atoms. The Morgan fingerprint density at radius 1 is 1.11 bits per heavy atom. The van der Waals surface area contributed by atoms with Crippen molar-refractivity contribution in [2.75, 3.05) is 0 Å². The Hall–Kier alpha value is -2.93. The number of para-hydroxylation sites is 1. The van der Waals surface area contributed by atoms with Gasteiger partial charge in [-0.05, 0) is 37.5 Å². The SMILES string of the molecule is Cc1nc2c3ccccc3nc(SC(C(=O)NC3CC3)c3ccccc3)n2n1. The van der Waals surface area contributed by atoms with Gasteiger partial charge in [-0.25, -0.2) is 9.97 Å². The molecule has 1 amide bonds. The van der Waals surface area contributed by atoms with Crippen molar-refractivity contribution in [1.29, 1.82) is 0 Å². The number of thioether (sulfide) groups is 1. The molecule has 1 unspecified atom stereocenters. The fraction of sp³-hybridized carbons (Fsp3) is 0.238. The summed E-state index contributed by atoms with van der Waals surface area (Å²) in [7, 11) is 0. The Kier molecular flexibility index (Phi) is 4.24. The number of fused-ring (bicyclic) bond motifs is 3. The molecule has 1 fully saturated rings. The lowest BCUT2D eigenvalue weighted by atomic mass is 10.1. The van der Waals surface area contributed by atoms with Crippen LogP contribution in [0.3, 0.4) is 0 Å². The Morgan fingerprint density at radius 3 is 2.64 bits per heavy atom. The fourth-order valence-electron chi connectivity index (χ4n) is 3.22. The molecule has 1 aliphatic rings. The van der Waals surface area contributed by atoms with Crippen LogP contribution in [-0.4, -0.2) is 31.5 Å². The first-order valence-corrected chi connectivity index (χ1v) is 10.2. The molecule has 1 N–H and O–H groups in total. The minimum Gasteiger partial charge on any atom is -0.352 e. The van der Waals surface area contributed by atoms with Gasteiger partial charge in [0.15, 0.2) is 10.8 Å². The molecule has 6 nitrogen and oxygen atoms in total. The van der Waals surface area contributed by atoms with E-state index < -0.39 is 5.25 Å². The molecule has 4 aromatic rings. The Balaban J connectivity index is 1.61. The minimum atomic E-state index is -0.400. The molecule has 1 atom stereocenters. The number of nitrogens with one attached hydrogen (secondary N) is 1. The van der Waals surface area contributed by atoms with Crippen LogP contribution >= 0.6 is 11.8 Å². The summed E-state index contributed by atoms with van der Waals surface area (Å²) in [6.07, 6.45) is 2.11. The van der Waals surface area contributed by atoms with Gasteiger partial charge in [0.1, 0.15) is 11.1 Å². The Labute approximate surface area is 166 Å². The number of aromatic nitrogens is 4. The van der Waals surface area contributed by atoms with E-state index in [1.165, 1.54) is 11.8 Å². The first-order valence-electron chi connectivity index (χ1n) is 9.33. The molecule has 2 heterocycles. The lowest BCUT2D eigenvalue weighted by Crippen LogP contribution is -2.30. The number of amides is 1. The van der Waals surface area contributed by atoms with Crippen LogP contribution in [0.1, 0.15) is 29.5 Å². The van der Waals surface area contributed by atoms with E-state index in [0.29, 0.717) is 17.0 Å². The van der Waals surface area contributed by atoms with Gasteiger partial charge in [0, 0.05) is 11.4 Å². The van der Waals surface area contributed by atoms with Crippen molar-refractivity contribution in [2.24, 2.45) is 0 Å². The van der Waals surface area contributed by atoms with Gasteiger partial charge >= 0.3 is 0 Å². The monoisotopic (exact) mass is 389 g/mol. The van der Waals surface area contributed by atoms with Crippen LogP contribution in [0.4, 0.5) is 0 Å². The normalized spacial score (nSPS) is 15.0. The second-order valence-corrected chi connectivity index (χ2v) is 8.07.